The summed E-state index contributed by atoms with van der Waals surface area (Å²) in [7, 11) is 3.15. The monoisotopic (exact) mass is 281 g/mol. The Morgan fingerprint density at radius 2 is 1.95 bits per heavy atom. The van der Waals surface area contributed by atoms with Gasteiger partial charge in [-0.2, -0.15) is 0 Å². The van der Waals surface area contributed by atoms with E-state index < -0.39 is 0 Å². The van der Waals surface area contributed by atoms with Crippen molar-refractivity contribution in [2.45, 2.75) is 0 Å². The Balaban J connectivity index is 1.93. The standard InChI is InChI=1S/C14H20N2O4/c1-18-12-4-3-11(9-13(12)19-2)15-14(17)10-16-5-7-20-8-6-16/h3-4,9H,5-8,10H2,1-2H3,(H,15,17)/p+1. The third-order valence-corrected chi connectivity index (χ3v) is 3.28. The lowest BCUT2D eigenvalue weighted by Crippen LogP contribution is -3.15. The number of nitrogens with one attached hydrogen (secondary N) is 2. The van der Waals surface area contributed by atoms with Crippen LogP contribution in [0.15, 0.2) is 18.2 Å². The number of ether oxygens (including phenoxy) is 3. The molecule has 0 saturated carbocycles. The molecule has 0 spiro atoms. The van der Waals surface area contributed by atoms with Crippen molar-refractivity contribution in [1.29, 1.82) is 0 Å². The maximum atomic E-state index is 12.0. The zero-order valence-electron chi connectivity index (χ0n) is 11.9. The largest absolute Gasteiger partial charge is 0.493 e. The number of benzene rings is 1. The second-order valence-electron chi connectivity index (χ2n) is 4.66. The predicted molar refractivity (Wildman–Crippen MR) is 74.6 cm³/mol. The van der Waals surface area contributed by atoms with Crippen LogP contribution in [-0.2, 0) is 9.53 Å². The summed E-state index contributed by atoms with van der Waals surface area (Å²) in [6.07, 6.45) is 0. The number of morpholine rings is 1. The number of rotatable bonds is 5. The number of quaternary nitrogens is 1. The first kappa shape index (κ1) is 14.6. The number of carbonyl (C=O) groups is 1. The minimum absolute atomic E-state index is 0.00544. The molecule has 6 heteroatoms. The van der Waals surface area contributed by atoms with Crippen molar-refractivity contribution in [3.63, 3.8) is 0 Å². The van der Waals surface area contributed by atoms with E-state index in [9.17, 15) is 4.79 Å². The smallest absolute Gasteiger partial charge is 0.279 e. The highest BCUT2D eigenvalue weighted by molar-refractivity contribution is 5.91. The van der Waals surface area contributed by atoms with E-state index in [0.717, 1.165) is 26.3 Å². The molecule has 1 aliphatic heterocycles. The quantitative estimate of drug-likeness (QED) is 0.768. The van der Waals surface area contributed by atoms with Gasteiger partial charge in [0, 0.05) is 11.8 Å². The van der Waals surface area contributed by atoms with Crippen molar-refractivity contribution in [2.75, 3.05) is 52.4 Å². The van der Waals surface area contributed by atoms with Crippen LogP contribution in [0.2, 0.25) is 0 Å². The summed E-state index contributed by atoms with van der Waals surface area (Å²) in [5.74, 6) is 1.24. The summed E-state index contributed by atoms with van der Waals surface area (Å²) >= 11 is 0. The molecule has 1 heterocycles. The van der Waals surface area contributed by atoms with Crippen molar-refractivity contribution in [3.05, 3.63) is 18.2 Å². The van der Waals surface area contributed by atoms with Crippen LogP contribution in [0.5, 0.6) is 11.5 Å². The third kappa shape index (κ3) is 3.85. The Morgan fingerprint density at radius 3 is 2.60 bits per heavy atom. The Morgan fingerprint density at radius 1 is 1.25 bits per heavy atom. The first-order chi connectivity index (χ1) is 9.72. The van der Waals surface area contributed by atoms with Crippen LogP contribution in [0.25, 0.3) is 0 Å². The van der Waals surface area contributed by atoms with Gasteiger partial charge in [0.15, 0.2) is 18.0 Å². The predicted octanol–water partition coefficient (Wildman–Crippen LogP) is -0.443. The molecule has 110 valence electrons. The highest BCUT2D eigenvalue weighted by Crippen LogP contribution is 2.29. The fourth-order valence-electron chi connectivity index (χ4n) is 2.18. The van der Waals surface area contributed by atoms with Crippen molar-refractivity contribution in [3.8, 4) is 11.5 Å². The number of methoxy groups -OCH3 is 2. The summed E-state index contributed by atoms with van der Waals surface area (Å²) < 4.78 is 15.6. The molecule has 6 nitrogen and oxygen atoms in total. The zero-order valence-corrected chi connectivity index (χ0v) is 11.9. The molecule has 0 radical (unpaired) electrons. The van der Waals surface area contributed by atoms with Gasteiger partial charge in [0.1, 0.15) is 13.1 Å². The number of amides is 1. The molecule has 0 bridgehead atoms. The average molecular weight is 281 g/mol. The number of anilines is 1. The summed E-state index contributed by atoms with van der Waals surface area (Å²) in [6, 6.07) is 5.33. The van der Waals surface area contributed by atoms with Crippen molar-refractivity contribution < 1.29 is 23.9 Å². The number of carbonyl (C=O) groups excluding carboxylic acids is 1. The molecule has 2 N–H and O–H groups in total. The molecule has 1 aliphatic rings. The molecule has 20 heavy (non-hydrogen) atoms. The highest BCUT2D eigenvalue weighted by Gasteiger charge is 2.18. The van der Waals surface area contributed by atoms with E-state index in [-0.39, 0.29) is 5.91 Å². The minimum Gasteiger partial charge on any atom is -0.493 e. The Bertz CT molecular complexity index is 458. The van der Waals surface area contributed by atoms with E-state index in [2.05, 4.69) is 5.32 Å². The van der Waals surface area contributed by atoms with Crippen LogP contribution in [-0.4, -0.2) is 53.0 Å². The van der Waals surface area contributed by atoms with E-state index in [1.54, 1.807) is 32.4 Å². The molecule has 0 aromatic heterocycles. The lowest BCUT2D eigenvalue weighted by molar-refractivity contribution is -0.899. The highest BCUT2D eigenvalue weighted by atomic mass is 16.5. The van der Waals surface area contributed by atoms with Crippen LogP contribution in [0, 0.1) is 0 Å². The molecule has 0 unspecified atom stereocenters. The summed E-state index contributed by atoms with van der Waals surface area (Å²) in [5.41, 5.74) is 0.709. The van der Waals surface area contributed by atoms with Gasteiger partial charge in [0.05, 0.1) is 27.4 Å². The fraction of sp³-hybridized carbons (Fsp3) is 0.500. The molecule has 1 fully saturated rings. The second kappa shape index (κ2) is 7.12. The van der Waals surface area contributed by atoms with Crippen LogP contribution in [0.3, 0.4) is 0 Å². The van der Waals surface area contributed by atoms with E-state index in [1.165, 1.54) is 4.90 Å². The normalized spacial score (nSPS) is 15.7. The number of hydrogen-bond acceptors (Lipinski definition) is 4. The van der Waals surface area contributed by atoms with Crippen molar-refractivity contribution in [2.24, 2.45) is 0 Å². The third-order valence-electron chi connectivity index (χ3n) is 3.28. The molecular formula is C14H21N2O4+. The first-order valence-electron chi connectivity index (χ1n) is 6.66. The Kier molecular flexibility index (Phi) is 5.20. The molecule has 0 aliphatic carbocycles. The van der Waals surface area contributed by atoms with Gasteiger partial charge in [-0.05, 0) is 12.1 Å². The average Bonchev–Trinajstić information content (AvgIpc) is 2.48. The van der Waals surface area contributed by atoms with E-state index in [0.29, 0.717) is 23.7 Å². The zero-order chi connectivity index (χ0) is 14.4. The Labute approximate surface area is 118 Å². The van der Waals surface area contributed by atoms with E-state index >= 15 is 0 Å². The van der Waals surface area contributed by atoms with E-state index in [1.807, 2.05) is 0 Å². The molecule has 0 atom stereocenters. The summed E-state index contributed by atoms with van der Waals surface area (Å²) in [6.45, 7) is 3.65. The maximum absolute atomic E-state index is 12.0. The van der Waals surface area contributed by atoms with Crippen LogP contribution in [0.1, 0.15) is 0 Å². The van der Waals surface area contributed by atoms with Crippen LogP contribution in [0.4, 0.5) is 5.69 Å². The van der Waals surface area contributed by atoms with Gasteiger partial charge in [0.2, 0.25) is 0 Å². The number of hydrogen-bond donors (Lipinski definition) is 2. The molecule has 1 saturated heterocycles. The van der Waals surface area contributed by atoms with Gasteiger partial charge >= 0.3 is 0 Å². The lowest BCUT2D eigenvalue weighted by Gasteiger charge is -2.23. The van der Waals surface area contributed by atoms with Gasteiger partial charge in [0.25, 0.3) is 5.91 Å². The second-order valence-corrected chi connectivity index (χ2v) is 4.66. The van der Waals surface area contributed by atoms with Gasteiger partial charge in [-0.15, -0.1) is 0 Å². The molecule has 1 amide bonds. The van der Waals surface area contributed by atoms with Gasteiger partial charge in [-0.3, -0.25) is 4.79 Å². The SMILES string of the molecule is COc1ccc(NC(=O)C[NH+]2CCOCC2)cc1OC. The van der Waals surface area contributed by atoms with Gasteiger partial charge < -0.3 is 24.4 Å². The van der Waals surface area contributed by atoms with Gasteiger partial charge in [-0.25, -0.2) is 0 Å². The summed E-state index contributed by atoms with van der Waals surface area (Å²) in [4.78, 5) is 13.2. The molecular weight excluding hydrogens is 260 g/mol. The molecule has 1 aromatic rings. The minimum atomic E-state index is -0.00544. The summed E-state index contributed by atoms with van der Waals surface area (Å²) in [5, 5.41) is 2.88. The van der Waals surface area contributed by atoms with Crippen LogP contribution < -0.4 is 19.7 Å². The molecule has 1 aromatic carbocycles. The maximum Gasteiger partial charge on any atom is 0.279 e. The van der Waals surface area contributed by atoms with Crippen molar-refractivity contribution in [1.82, 2.24) is 0 Å². The first-order valence-corrected chi connectivity index (χ1v) is 6.66. The topological polar surface area (TPSA) is 61.2 Å². The van der Waals surface area contributed by atoms with Crippen LogP contribution >= 0.6 is 0 Å². The van der Waals surface area contributed by atoms with Crippen molar-refractivity contribution >= 4 is 11.6 Å². The van der Waals surface area contributed by atoms with E-state index in [4.69, 9.17) is 14.2 Å². The molecule has 2 rings (SSSR count). The fourth-order valence-corrected chi connectivity index (χ4v) is 2.18. The lowest BCUT2D eigenvalue weighted by atomic mass is 10.2. The van der Waals surface area contributed by atoms with Gasteiger partial charge in [-0.1, -0.05) is 0 Å². The Hall–Kier alpha value is -1.79.